The highest BCUT2D eigenvalue weighted by molar-refractivity contribution is 7.80. The highest BCUT2D eigenvalue weighted by atomic mass is 32.1. The Morgan fingerprint density at radius 2 is 1.32 bits per heavy atom. The monoisotopic (exact) mass is 349 g/mol. The SMILES string of the molecule is S=C1N(c2ccccc2)CN(Cc2ccco2)CN1c1ccccc1. The van der Waals surface area contributed by atoms with E-state index in [-0.39, 0.29) is 0 Å². The molecule has 126 valence electrons. The lowest BCUT2D eigenvalue weighted by Gasteiger charge is -2.44. The van der Waals surface area contributed by atoms with E-state index in [4.69, 9.17) is 16.6 Å². The number of para-hydroxylation sites is 2. The summed E-state index contributed by atoms with van der Waals surface area (Å²) in [6.45, 7) is 2.20. The number of hydrogen-bond donors (Lipinski definition) is 0. The fourth-order valence-corrected chi connectivity index (χ4v) is 3.36. The molecule has 4 rings (SSSR count). The van der Waals surface area contributed by atoms with Crippen LogP contribution in [0.3, 0.4) is 0 Å². The molecule has 0 aliphatic carbocycles. The molecule has 0 N–H and O–H groups in total. The number of benzene rings is 2. The topological polar surface area (TPSA) is 22.9 Å². The first-order chi connectivity index (χ1) is 12.3. The molecule has 4 nitrogen and oxygen atoms in total. The first kappa shape index (κ1) is 15.9. The molecule has 1 fully saturated rings. The van der Waals surface area contributed by atoms with Gasteiger partial charge in [0.05, 0.1) is 26.1 Å². The zero-order valence-electron chi connectivity index (χ0n) is 13.8. The molecule has 2 aromatic carbocycles. The molecule has 2 heterocycles. The van der Waals surface area contributed by atoms with Gasteiger partial charge < -0.3 is 14.2 Å². The average Bonchev–Trinajstić information content (AvgIpc) is 3.17. The summed E-state index contributed by atoms with van der Waals surface area (Å²) in [4.78, 5) is 6.64. The van der Waals surface area contributed by atoms with E-state index in [2.05, 4.69) is 39.0 Å². The van der Waals surface area contributed by atoms with Crippen molar-refractivity contribution in [1.82, 2.24) is 4.90 Å². The van der Waals surface area contributed by atoms with E-state index < -0.39 is 0 Å². The largest absolute Gasteiger partial charge is 0.468 e. The number of anilines is 2. The van der Waals surface area contributed by atoms with Crippen LogP contribution in [0.25, 0.3) is 0 Å². The number of hydrogen-bond acceptors (Lipinski definition) is 3. The molecule has 25 heavy (non-hydrogen) atoms. The smallest absolute Gasteiger partial charge is 0.182 e. The van der Waals surface area contributed by atoms with Crippen molar-refractivity contribution in [3.63, 3.8) is 0 Å². The van der Waals surface area contributed by atoms with E-state index in [1.165, 1.54) is 0 Å². The van der Waals surface area contributed by atoms with Gasteiger partial charge in [0, 0.05) is 11.4 Å². The van der Waals surface area contributed by atoms with Gasteiger partial charge in [-0.25, -0.2) is 0 Å². The third kappa shape index (κ3) is 3.43. The van der Waals surface area contributed by atoms with Crippen LogP contribution in [0.2, 0.25) is 0 Å². The molecule has 0 radical (unpaired) electrons. The Kier molecular flexibility index (Phi) is 4.50. The molecule has 0 spiro atoms. The van der Waals surface area contributed by atoms with Crippen molar-refractivity contribution < 1.29 is 4.42 Å². The second-order valence-electron chi connectivity index (χ2n) is 6.00. The van der Waals surface area contributed by atoms with Crippen LogP contribution in [-0.4, -0.2) is 23.3 Å². The normalized spacial score (nSPS) is 15.6. The van der Waals surface area contributed by atoms with Crippen molar-refractivity contribution in [2.24, 2.45) is 0 Å². The van der Waals surface area contributed by atoms with E-state index in [1.54, 1.807) is 6.26 Å². The Labute approximate surface area is 152 Å². The maximum Gasteiger partial charge on any atom is 0.182 e. The fraction of sp³-hybridized carbons (Fsp3) is 0.150. The van der Waals surface area contributed by atoms with Crippen LogP contribution in [0.5, 0.6) is 0 Å². The minimum atomic E-state index is 0.729. The minimum Gasteiger partial charge on any atom is -0.468 e. The van der Waals surface area contributed by atoms with Gasteiger partial charge in [-0.05, 0) is 48.6 Å². The number of rotatable bonds is 4. The first-order valence-electron chi connectivity index (χ1n) is 8.25. The summed E-state index contributed by atoms with van der Waals surface area (Å²) < 4.78 is 5.53. The van der Waals surface area contributed by atoms with Gasteiger partial charge in [-0.15, -0.1) is 0 Å². The van der Waals surface area contributed by atoms with Crippen LogP contribution < -0.4 is 9.80 Å². The number of nitrogens with zero attached hydrogens (tertiary/aromatic N) is 3. The van der Waals surface area contributed by atoms with Crippen LogP contribution in [0.4, 0.5) is 11.4 Å². The third-order valence-electron chi connectivity index (χ3n) is 4.24. The molecule has 1 aromatic heterocycles. The summed E-state index contributed by atoms with van der Waals surface area (Å²) in [5.41, 5.74) is 2.19. The molecule has 1 saturated heterocycles. The molecule has 1 aliphatic rings. The van der Waals surface area contributed by atoms with Crippen LogP contribution in [0.15, 0.2) is 83.5 Å². The highest BCUT2D eigenvalue weighted by Gasteiger charge is 2.29. The quantitative estimate of drug-likeness (QED) is 0.653. The maximum absolute atomic E-state index is 5.82. The molecule has 0 atom stereocenters. The van der Waals surface area contributed by atoms with Crippen molar-refractivity contribution >= 4 is 28.7 Å². The predicted molar refractivity (Wildman–Crippen MR) is 104 cm³/mol. The van der Waals surface area contributed by atoms with E-state index in [9.17, 15) is 0 Å². The Morgan fingerprint density at radius 1 is 0.760 bits per heavy atom. The summed E-state index contributed by atoms with van der Waals surface area (Å²) in [7, 11) is 0. The standard InChI is InChI=1S/C20H19N3OS/c25-20-22(17-8-3-1-4-9-17)15-21(14-19-12-7-13-24-19)16-23(20)18-10-5-2-6-11-18/h1-13H,14-16H2. The molecule has 3 aromatic rings. The minimum absolute atomic E-state index is 0.729. The predicted octanol–water partition coefficient (Wildman–Crippen LogP) is 4.31. The van der Waals surface area contributed by atoms with E-state index in [0.29, 0.717) is 0 Å². The Hall–Kier alpha value is -2.63. The van der Waals surface area contributed by atoms with Crippen molar-refractivity contribution in [3.8, 4) is 0 Å². The van der Waals surface area contributed by atoms with Gasteiger partial charge in [0.2, 0.25) is 0 Å². The summed E-state index contributed by atoms with van der Waals surface area (Å²) in [5, 5.41) is 0.813. The van der Waals surface area contributed by atoms with Gasteiger partial charge in [-0.2, -0.15) is 0 Å². The summed E-state index contributed by atoms with van der Waals surface area (Å²) >= 11 is 5.82. The summed E-state index contributed by atoms with van der Waals surface area (Å²) in [6.07, 6.45) is 1.72. The second kappa shape index (κ2) is 7.09. The highest BCUT2D eigenvalue weighted by Crippen LogP contribution is 2.25. The van der Waals surface area contributed by atoms with Crippen molar-refractivity contribution in [1.29, 1.82) is 0 Å². The molecule has 1 aliphatic heterocycles. The summed E-state index contributed by atoms with van der Waals surface area (Å²) in [5.74, 6) is 0.953. The van der Waals surface area contributed by atoms with E-state index >= 15 is 0 Å². The third-order valence-corrected chi connectivity index (χ3v) is 4.68. The van der Waals surface area contributed by atoms with Gasteiger partial charge >= 0.3 is 0 Å². The molecular weight excluding hydrogens is 330 g/mol. The van der Waals surface area contributed by atoms with Crippen molar-refractivity contribution in [2.45, 2.75) is 6.54 Å². The van der Waals surface area contributed by atoms with Gasteiger partial charge in [0.15, 0.2) is 5.11 Å². The van der Waals surface area contributed by atoms with E-state index in [1.807, 2.05) is 48.5 Å². The van der Waals surface area contributed by atoms with Gasteiger partial charge in [-0.1, -0.05) is 36.4 Å². The molecule has 0 saturated carbocycles. The zero-order valence-corrected chi connectivity index (χ0v) is 14.6. The Morgan fingerprint density at radius 3 is 1.80 bits per heavy atom. The number of thiocarbonyl (C=S) groups is 1. The molecule has 0 amide bonds. The Bertz CT molecular complexity index is 769. The lowest BCUT2D eigenvalue weighted by atomic mass is 10.2. The Balaban J connectivity index is 1.65. The lowest BCUT2D eigenvalue weighted by molar-refractivity contribution is 0.247. The molecule has 5 heteroatoms. The average molecular weight is 349 g/mol. The van der Waals surface area contributed by atoms with E-state index in [0.717, 1.165) is 42.1 Å². The van der Waals surface area contributed by atoms with Crippen LogP contribution in [0.1, 0.15) is 5.76 Å². The van der Waals surface area contributed by atoms with Gasteiger partial charge in [0.1, 0.15) is 5.76 Å². The fourth-order valence-electron chi connectivity index (χ4n) is 3.03. The van der Waals surface area contributed by atoms with Crippen LogP contribution >= 0.6 is 12.2 Å². The lowest BCUT2D eigenvalue weighted by Crippen LogP contribution is -2.58. The first-order valence-corrected chi connectivity index (χ1v) is 8.66. The summed E-state index contributed by atoms with van der Waals surface area (Å²) in [6, 6.07) is 24.5. The maximum atomic E-state index is 5.82. The van der Waals surface area contributed by atoms with Crippen LogP contribution in [0, 0.1) is 0 Å². The van der Waals surface area contributed by atoms with Gasteiger partial charge in [0.25, 0.3) is 0 Å². The molecule has 0 bridgehead atoms. The van der Waals surface area contributed by atoms with Crippen LogP contribution in [-0.2, 0) is 6.54 Å². The van der Waals surface area contributed by atoms with Crippen molar-refractivity contribution in [2.75, 3.05) is 23.1 Å². The zero-order chi connectivity index (χ0) is 17.1. The molecular formula is C20H19N3OS. The second-order valence-corrected chi connectivity index (χ2v) is 6.37. The van der Waals surface area contributed by atoms with Crippen molar-refractivity contribution in [3.05, 3.63) is 84.8 Å². The number of furan rings is 1. The van der Waals surface area contributed by atoms with Gasteiger partial charge in [-0.3, -0.25) is 4.90 Å². The molecule has 0 unspecified atom stereocenters.